The van der Waals surface area contributed by atoms with Gasteiger partial charge in [0.25, 0.3) is 5.69 Å². The molecule has 1 saturated heterocycles. The fourth-order valence-electron chi connectivity index (χ4n) is 3.91. The van der Waals surface area contributed by atoms with Crippen LogP contribution in [0.15, 0.2) is 41.3 Å². The van der Waals surface area contributed by atoms with Crippen LogP contribution >= 0.6 is 23.5 Å². The number of nitro benzene ring substituents is 1. The van der Waals surface area contributed by atoms with Gasteiger partial charge in [-0.1, -0.05) is 25.1 Å². The summed E-state index contributed by atoms with van der Waals surface area (Å²) in [5, 5.41) is 33.0. The highest BCUT2D eigenvalue weighted by atomic mass is 31.3. The van der Waals surface area contributed by atoms with Crippen molar-refractivity contribution in [1.29, 1.82) is 0 Å². The number of anilines is 1. The molecule has 8 unspecified atom stereocenters. The summed E-state index contributed by atoms with van der Waals surface area (Å²) in [7, 11) is -17.6. The van der Waals surface area contributed by atoms with Gasteiger partial charge >= 0.3 is 29.2 Å². The van der Waals surface area contributed by atoms with Gasteiger partial charge in [-0.15, -0.1) is 0 Å². The van der Waals surface area contributed by atoms with E-state index in [1.807, 2.05) is 0 Å². The van der Waals surface area contributed by atoms with Crippen LogP contribution in [0, 0.1) is 10.1 Å². The van der Waals surface area contributed by atoms with E-state index in [2.05, 4.69) is 13.6 Å². The zero-order valence-corrected chi connectivity index (χ0v) is 22.6. The van der Waals surface area contributed by atoms with Crippen LogP contribution in [0.5, 0.6) is 0 Å². The van der Waals surface area contributed by atoms with E-state index in [0.717, 1.165) is 18.3 Å². The summed E-state index contributed by atoms with van der Waals surface area (Å²) in [6, 6.07) is 6.07. The molecule has 0 saturated carbocycles. The molecule has 8 atom stereocenters. The number of hydrogen-bond acceptors (Lipinski definition) is 14. The predicted molar refractivity (Wildman–Crippen MR) is 129 cm³/mol. The summed E-state index contributed by atoms with van der Waals surface area (Å²) in [6.07, 6.45) is -8.56. The van der Waals surface area contributed by atoms with Crippen LogP contribution in [0.2, 0.25) is 0 Å². The summed E-state index contributed by atoms with van der Waals surface area (Å²) in [5.74, 6) is -1.60. The fraction of sp³-hybridized carbons (Fsp3) is 0.412. The van der Waals surface area contributed by atoms with Gasteiger partial charge in [-0.3, -0.25) is 19.2 Å². The minimum Gasteiger partial charge on any atom is -0.387 e. The number of benzene rings is 1. The van der Waals surface area contributed by atoms with Gasteiger partial charge in [-0.2, -0.15) is 13.6 Å². The number of nitrogens with zero attached hydrogens (tertiary/aromatic N) is 3. The maximum absolute atomic E-state index is 12.7. The van der Waals surface area contributed by atoms with Crippen molar-refractivity contribution < 1.29 is 66.3 Å². The van der Waals surface area contributed by atoms with Gasteiger partial charge < -0.3 is 40.3 Å². The van der Waals surface area contributed by atoms with Crippen molar-refractivity contribution in [2.24, 2.45) is 0 Å². The van der Waals surface area contributed by atoms with Crippen molar-refractivity contribution >= 4 is 35.0 Å². The maximum Gasteiger partial charge on any atom is 0.490 e. The Labute approximate surface area is 223 Å². The van der Waals surface area contributed by atoms with Gasteiger partial charge in [-0.05, 0) is 6.07 Å². The lowest BCUT2D eigenvalue weighted by Crippen LogP contribution is -2.42. The molecule has 2 heterocycles. The third-order valence-corrected chi connectivity index (χ3v) is 9.35. The number of nitro groups is 1. The number of aliphatic hydroxyl groups is 2. The van der Waals surface area contributed by atoms with Crippen molar-refractivity contribution in [2.45, 2.75) is 43.5 Å². The molecule has 1 aliphatic heterocycles. The average molecular weight is 632 g/mol. The van der Waals surface area contributed by atoms with E-state index in [4.69, 9.17) is 24.8 Å². The van der Waals surface area contributed by atoms with E-state index >= 15 is 0 Å². The van der Waals surface area contributed by atoms with Crippen molar-refractivity contribution in [3.63, 3.8) is 0 Å². The standard InChI is InChI=1S/C17H23N4O16P3/c1-8(9-4-2-3-5-10(9)21(25)26)14(35-39(30,31)37-40(32,33)36-38(27,28)29)15-12(22)13(23)16(34-15)20-7-6-11(18)19-17(20)24/h2-8,12-16,22-23H,1H3,(H,30,31)(H,32,33)(H2,18,19,24)(H2,27,28,29). The molecule has 23 heteroatoms. The molecular weight excluding hydrogens is 609 g/mol. The van der Waals surface area contributed by atoms with Crippen LogP contribution in [-0.2, 0) is 31.6 Å². The number of nitrogen functional groups attached to an aromatic ring is 1. The Hall–Kier alpha value is -2.41. The Morgan fingerprint density at radius 1 is 1.07 bits per heavy atom. The Bertz CT molecular complexity index is 1460. The molecule has 1 aliphatic rings. The fourth-order valence-corrected chi connectivity index (χ4v) is 7.18. The molecule has 8 N–H and O–H groups in total. The second-order valence-corrected chi connectivity index (χ2v) is 12.7. The van der Waals surface area contributed by atoms with Gasteiger partial charge in [0.1, 0.15) is 30.2 Å². The van der Waals surface area contributed by atoms with E-state index in [1.54, 1.807) is 0 Å². The van der Waals surface area contributed by atoms with Crippen molar-refractivity contribution in [3.05, 3.63) is 62.7 Å². The van der Waals surface area contributed by atoms with Crippen molar-refractivity contribution in [1.82, 2.24) is 9.55 Å². The van der Waals surface area contributed by atoms with Gasteiger partial charge in [0.2, 0.25) is 0 Å². The summed E-state index contributed by atoms with van der Waals surface area (Å²) in [6.45, 7) is 1.20. The number of phosphoric acid groups is 3. The molecule has 3 rings (SSSR count). The quantitative estimate of drug-likeness (QED) is 0.0963. The Balaban J connectivity index is 2.05. The number of ether oxygens (including phenoxy) is 1. The highest BCUT2D eigenvalue weighted by Gasteiger charge is 2.53. The molecule has 1 aromatic carbocycles. The van der Waals surface area contributed by atoms with Gasteiger partial charge in [0.05, 0.1) is 4.92 Å². The highest BCUT2D eigenvalue weighted by Crippen LogP contribution is 2.67. The third kappa shape index (κ3) is 7.65. The first kappa shape index (κ1) is 32.1. The van der Waals surface area contributed by atoms with Crippen molar-refractivity contribution in [3.8, 4) is 0 Å². The first-order chi connectivity index (χ1) is 18.3. The lowest BCUT2D eigenvalue weighted by molar-refractivity contribution is -0.385. The second-order valence-electron chi connectivity index (χ2n) is 8.28. The molecule has 0 spiro atoms. The summed E-state index contributed by atoms with van der Waals surface area (Å²) < 4.78 is 54.2. The van der Waals surface area contributed by atoms with E-state index in [1.165, 1.54) is 25.1 Å². The van der Waals surface area contributed by atoms with Crippen LogP contribution in [0.25, 0.3) is 0 Å². The number of para-hydroxylation sites is 1. The second kappa shape index (κ2) is 11.8. The molecule has 1 fully saturated rings. The molecule has 0 amide bonds. The van der Waals surface area contributed by atoms with Gasteiger partial charge in [0, 0.05) is 23.7 Å². The van der Waals surface area contributed by atoms with E-state index in [-0.39, 0.29) is 11.4 Å². The van der Waals surface area contributed by atoms with Crippen LogP contribution in [0.1, 0.15) is 24.6 Å². The molecule has 2 aromatic rings. The lowest BCUT2D eigenvalue weighted by Gasteiger charge is -2.31. The summed E-state index contributed by atoms with van der Waals surface area (Å²) >= 11 is 0. The smallest absolute Gasteiger partial charge is 0.387 e. The van der Waals surface area contributed by atoms with Crippen LogP contribution in [0.3, 0.4) is 0 Å². The number of aromatic nitrogens is 2. The summed E-state index contributed by atoms with van der Waals surface area (Å²) in [4.78, 5) is 63.7. The van der Waals surface area contributed by atoms with Crippen LogP contribution in [0.4, 0.5) is 11.5 Å². The SMILES string of the molecule is CC(c1ccccc1[N+](=O)[O-])C(OP(=O)(O)OP(=O)(O)OP(=O)(O)O)C1OC(n2ccc(N)nc2=O)C(O)C1O. The first-order valence-corrected chi connectivity index (χ1v) is 15.3. The van der Waals surface area contributed by atoms with Gasteiger partial charge in [0.15, 0.2) is 6.23 Å². The molecule has 0 aliphatic carbocycles. The monoisotopic (exact) mass is 632 g/mol. The Morgan fingerprint density at radius 3 is 2.27 bits per heavy atom. The minimum atomic E-state index is -5.98. The lowest BCUT2D eigenvalue weighted by atomic mass is 9.89. The minimum absolute atomic E-state index is 0.170. The zero-order chi connectivity index (χ0) is 30.2. The van der Waals surface area contributed by atoms with E-state index in [0.29, 0.717) is 4.57 Å². The van der Waals surface area contributed by atoms with E-state index in [9.17, 15) is 48.6 Å². The Morgan fingerprint density at radius 2 is 1.70 bits per heavy atom. The van der Waals surface area contributed by atoms with Gasteiger partial charge in [-0.25, -0.2) is 18.5 Å². The molecule has 40 heavy (non-hydrogen) atoms. The average Bonchev–Trinajstić information content (AvgIpc) is 3.08. The van der Waals surface area contributed by atoms with Crippen molar-refractivity contribution in [2.75, 3.05) is 5.73 Å². The highest BCUT2D eigenvalue weighted by molar-refractivity contribution is 7.66. The van der Waals surface area contributed by atoms with Crippen LogP contribution in [-0.4, -0.2) is 68.7 Å². The zero-order valence-electron chi connectivity index (χ0n) is 20.0. The number of aliphatic hydroxyl groups excluding tert-OH is 2. The third-order valence-electron chi connectivity index (χ3n) is 5.51. The largest absolute Gasteiger partial charge is 0.490 e. The molecule has 222 valence electrons. The molecule has 1 aromatic heterocycles. The molecular formula is C17H23N4O16P3. The van der Waals surface area contributed by atoms with Crippen LogP contribution < -0.4 is 11.4 Å². The maximum atomic E-state index is 12.7. The first-order valence-electron chi connectivity index (χ1n) is 10.7. The normalized spacial score (nSPS) is 26.0. The summed E-state index contributed by atoms with van der Waals surface area (Å²) in [5.41, 5.74) is 3.70. The number of rotatable bonds is 11. The topological polar surface area (TPSA) is 314 Å². The predicted octanol–water partition coefficient (Wildman–Crippen LogP) is -0.131. The number of phosphoric ester groups is 1. The number of hydrogen-bond donors (Lipinski definition) is 7. The van der Waals surface area contributed by atoms with E-state index < -0.39 is 76.3 Å². The number of nitrogens with two attached hydrogens (primary N) is 1. The molecule has 0 radical (unpaired) electrons. The Kier molecular flexibility index (Phi) is 9.50. The molecule has 0 bridgehead atoms. The molecule has 20 nitrogen and oxygen atoms in total.